The van der Waals surface area contributed by atoms with Gasteiger partial charge in [0.05, 0.1) is 19.0 Å². The molecule has 0 aliphatic carbocycles. The zero-order chi connectivity index (χ0) is 16.6. The van der Waals surface area contributed by atoms with Gasteiger partial charge in [0.25, 0.3) is 0 Å². The minimum absolute atomic E-state index is 0.0430. The van der Waals surface area contributed by atoms with Gasteiger partial charge in [-0.25, -0.2) is 4.98 Å². The molecule has 0 aliphatic rings. The molecule has 120 valence electrons. The molecular weight excluding hydrogens is 362 g/mol. The van der Waals surface area contributed by atoms with Crippen LogP contribution in [0.1, 0.15) is 25.5 Å². The number of ether oxygens (including phenoxy) is 1. The van der Waals surface area contributed by atoms with Gasteiger partial charge >= 0.3 is 5.97 Å². The van der Waals surface area contributed by atoms with E-state index in [1.807, 2.05) is 36.6 Å². The third-order valence-electron chi connectivity index (χ3n) is 3.69. The molecule has 0 aliphatic heterocycles. The average molecular weight is 378 g/mol. The molecular formula is C16H16BrN3O3. The topological polar surface area (TPSA) is 69.6 Å². The van der Waals surface area contributed by atoms with Gasteiger partial charge in [0, 0.05) is 16.7 Å². The molecule has 6 nitrogen and oxygen atoms in total. The lowest BCUT2D eigenvalue weighted by Gasteiger charge is -2.14. The first-order valence-electron chi connectivity index (χ1n) is 7.18. The Morgan fingerprint density at radius 2 is 2.17 bits per heavy atom. The SMILES string of the molecule is COC(=O)C(c1cc(-c2cnc3cc(Br)ccn23)no1)C(C)C. The number of carbonyl (C=O) groups excluding carboxylic acids is 1. The Labute approximate surface area is 141 Å². The van der Waals surface area contributed by atoms with E-state index in [0.29, 0.717) is 11.5 Å². The van der Waals surface area contributed by atoms with Crippen molar-refractivity contribution in [2.24, 2.45) is 5.92 Å². The maximum Gasteiger partial charge on any atom is 0.316 e. The van der Waals surface area contributed by atoms with Gasteiger partial charge < -0.3 is 9.26 Å². The largest absolute Gasteiger partial charge is 0.468 e. The molecule has 3 heterocycles. The molecule has 23 heavy (non-hydrogen) atoms. The van der Waals surface area contributed by atoms with Gasteiger partial charge in [-0.1, -0.05) is 34.9 Å². The molecule has 0 bridgehead atoms. The van der Waals surface area contributed by atoms with Crippen LogP contribution in [0, 0.1) is 5.92 Å². The predicted octanol–water partition coefficient (Wildman–Crippen LogP) is 3.66. The van der Waals surface area contributed by atoms with Crippen LogP contribution in [0.15, 0.2) is 39.6 Å². The van der Waals surface area contributed by atoms with E-state index in [4.69, 9.17) is 9.26 Å². The maximum atomic E-state index is 12.0. The Morgan fingerprint density at radius 1 is 1.39 bits per heavy atom. The number of methoxy groups -OCH3 is 1. The van der Waals surface area contributed by atoms with Crippen LogP contribution in [-0.4, -0.2) is 27.6 Å². The molecule has 1 unspecified atom stereocenters. The number of rotatable bonds is 4. The van der Waals surface area contributed by atoms with Crippen LogP contribution in [0.3, 0.4) is 0 Å². The second-order valence-electron chi connectivity index (χ2n) is 5.58. The number of fused-ring (bicyclic) bond motifs is 1. The van der Waals surface area contributed by atoms with Crippen molar-refractivity contribution in [3.63, 3.8) is 0 Å². The van der Waals surface area contributed by atoms with E-state index in [0.717, 1.165) is 15.8 Å². The van der Waals surface area contributed by atoms with Gasteiger partial charge in [-0.05, 0) is 18.1 Å². The zero-order valence-corrected chi connectivity index (χ0v) is 14.6. The van der Waals surface area contributed by atoms with Crippen molar-refractivity contribution in [2.75, 3.05) is 7.11 Å². The summed E-state index contributed by atoms with van der Waals surface area (Å²) in [7, 11) is 1.37. The van der Waals surface area contributed by atoms with Crippen LogP contribution in [0.5, 0.6) is 0 Å². The van der Waals surface area contributed by atoms with Crippen molar-refractivity contribution in [3.8, 4) is 11.4 Å². The van der Waals surface area contributed by atoms with Gasteiger partial charge in [-0.15, -0.1) is 0 Å². The molecule has 0 amide bonds. The first kappa shape index (κ1) is 15.7. The first-order chi connectivity index (χ1) is 11.0. The van der Waals surface area contributed by atoms with Crippen molar-refractivity contribution in [1.29, 1.82) is 0 Å². The Hall–Kier alpha value is -2.15. The van der Waals surface area contributed by atoms with E-state index in [1.165, 1.54) is 7.11 Å². The lowest BCUT2D eigenvalue weighted by molar-refractivity contribution is -0.144. The van der Waals surface area contributed by atoms with E-state index in [2.05, 4.69) is 26.1 Å². The van der Waals surface area contributed by atoms with Crippen LogP contribution >= 0.6 is 15.9 Å². The number of nitrogens with zero attached hydrogens (tertiary/aromatic N) is 3. The molecule has 3 aromatic heterocycles. The third-order valence-corrected chi connectivity index (χ3v) is 4.19. The monoisotopic (exact) mass is 377 g/mol. The molecule has 7 heteroatoms. The smallest absolute Gasteiger partial charge is 0.316 e. The molecule has 0 N–H and O–H groups in total. The zero-order valence-electron chi connectivity index (χ0n) is 13.0. The lowest BCUT2D eigenvalue weighted by Crippen LogP contribution is -2.19. The number of esters is 1. The summed E-state index contributed by atoms with van der Waals surface area (Å²) in [5.74, 6) is -0.269. The van der Waals surface area contributed by atoms with Crippen LogP contribution in [0.25, 0.3) is 17.0 Å². The van der Waals surface area contributed by atoms with Crippen LogP contribution in [0.2, 0.25) is 0 Å². The summed E-state index contributed by atoms with van der Waals surface area (Å²) in [5, 5.41) is 4.10. The second kappa shape index (κ2) is 6.16. The Morgan fingerprint density at radius 3 is 2.87 bits per heavy atom. The fourth-order valence-corrected chi connectivity index (χ4v) is 2.87. The summed E-state index contributed by atoms with van der Waals surface area (Å²) in [6.45, 7) is 3.88. The molecule has 3 aromatic rings. The predicted molar refractivity (Wildman–Crippen MR) is 88.0 cm³/mol. The highest BCUT2D eigenvalue weighted by atomic mass is 79.9. The highest BCUT2D eigenvalue weighted by molar-refractivity contribution is 9.10. The van der Waals surface area contributed by atoms with Crippen molar-refractivity contribution >= 4 is 27.5 Å². The van der Waals surface area contributed by atoms with Crippen molar-refractivity contribution in [1.82, 2.24) is 14.5 Å². The van der Waals surface area contributed by atoms with Gasteiger partial charge in [0.15, 0.2) is 5.76 Å². The van der Waals surface area contributed by atoms with Crippen molar-refractivity contribution < 1.29 is 14.1 Å². The quantitative estimate of drug-likeness (QED) is 0.648. The average Bonchev–Trinajstić information content (AvgIpc) is 3.13. The van der Waals surface area contributed by atoms with Crippen LogP contribution in [0.4, 0.5) is 0 Å². The Kier molecular flexibility index (Phi) is 4.21. The summed E-state index contributed by atoms with van der Waals surface area (Å²) in [6, 6.07) is 5.60. The number of aromatic nitrogens is 3. The second-order valence-corrected chi connectivity index (χ2v) is 6.49. The number of carbonyl (C=O) groups is 1. The fourth-order valence-electron chi connectivity index (χ4n) is 2.55. The summed E-state index contributed by atoms with van der Waals surface area (Å²) in [6.07, 6.45) is 3.63. The molecule has 1 atom stereocenters. The molecule has 0 radical (unpaired) electrons. The van der Waals surface area contributed by atoms with E-state index in [-0.39, 0.29) is 11.9 Å². The fraction of sp³-hybridized carbons (Fsp3) is 0.312. The number of halogens is 1. The van der Waals surface area contributed by atoms with Gasteiger partial charge in [0.2, 0.25) is 0 Å². The molecule has 0 fully saturated rings. The van der Waals surface area contributed by atoms with E-state index < -0.39 is 5.92 Å². The summed E-state index contributed by atoms with van der Waals surface area (Å²) in [5.41, 5.74) is 2.23. The minimum atomic E-state index is -0.477. The standard InChI is InChI=1S/C16H16BrN3O3/c1-9(2)15(16(21)22-3)13-7-11(19-23-13)12-8-18-14-6-10(17)4-5-20(12)14/h4-9,15H,1-3H3. The normalized spacial score (nSPS) is 12.7. The molecule has 0 spiro atoms. The van der Waals surface area contributed by atoms with Gasteiger partial charge in [-0.3, -0.25) is 9.20 Å². The summed E-state index contributed by atoms with van der Waals surface area (Å²) >= 11 is 3.42. The first-order valence-corrected chi connectivity index (χ1v) is 7.98. The third kappa shape index (κ3) is 2.88. The van der Waals surface area contributed by atoms with Gasteiger partial charge in [-0.2, -0.15) is 0 Å². The number of pyridine rings is 1. The summed E-state index contributed by atoms with van der Waals surface area (Å²) < 4.78 is 13.1. The number of hydrogen-bond acceptors (Lipinski definition) is 5. The molecule has 0 saturated heterocycles. The maximum absolute atomic E-state index is 12.0. The van der Waals surface area contributed by atoms with E-state index in [1.54, 1.807) is 12.3 Å². The minimum Gasteiger partial charge on any atom is -0.468 e. The Bertz CT molecular complexity index is 853. The number of imidazole rings is 1. The number of hydrogen-bond donors (Lipinski definition) is 0. The van der Waals surface area contributed by atoms with E-state index >= 15 is 0 Å². The van der Waals surface area contributed by atoms with Gasteiger partial charge in [0.1, 0.15) is 17.3 Å². The Balaban J connectivity index is 2.02. The summed E-state index contributed by atoms with van der Waals surface area (Å²) in [4.78, 5) is 16.3. The van der Waals surface area contributed by atoms with E-state index in [9.17, 15) is 4.79 Å². The van der Waals surface area contributed by atoms with Crippen LogP contribution in [-0.2, 0) is 9.53 Å². The highest BCUT2D eigenvalue weighted by Gasteiger charge is 2.29. The van der Waals surface area contributed by atoms with Crippen molar-refractivity contribution in [2.45, 2.75) is 19.8 Å². The van der Waals surface area contributed by atoms with Crippen LogP contribution < -0.4 is 0 Å². The highest BCUT2D eigenvalue weighted by Crippen LogP contribution is 2.30. The molecule has 0 saturated carbocycles. The molecule has 3 rings (SSSR count). The molecule has 0 aromatic carbocycles. The lowest BCUT2D eigenvalue weighted by atomic mass is 9.93. The van der Waals surface area contributed by atoms with Crippen molar-refractivity contribution in [3.05, 3.63) is 40.8 Å².